The van der Waals surface area contributed by atoms with Gasteiger partial charge in [0.05, 0.1) is 11.6 Å². The van der Waals surface area contributed by atoms with E-state index in [1.807, 2.05) is 0 Å². The van der Waals surface area contributed by atoms with Crippen molar-refractivity contribution in [1.29, 1.82) is 0 Å². The van der Waals surface area contributed by atoms with Gasteiger partial charge in [0, 0.05) is 55.3 Å². The molecule has 4 aliphatic heterocycles. The number of hydrogen-bond acceptors (Lipinski definition) is 8. The van der Waals surface area contributed by atoms with Crippen molar-refractivity contribution in [2.75, 3.05) is 13.1 Å². The van der Waals surface area contributed by atoms with Crippen LogP contribution in [-0.2, 0) is 4.79 Å². The van der Waals surface area contributed by atoms with Gasteiger partial charge in [0.2, 0.25) is 0 Å². The third-order valence-electron chi connectivity index (χ3n) is 8.29. The minimum absolute atomic E-state index is 0.104. The Labute approximate surface area is 235 Å². The zero-order valence-electron chi connectivity index (χ0n) is 22.6. The van der Waals surface area contributed by atoms with Gasteiger partial charge in [0.25, 0.3) is 5.91 Å². The Morgan fingerprint density at radius 2 is 2.00 bits per heavy atom. The molecule has 0 radical (unpaired) electrons. The molecule has 5 aliphatic rings. The smallest absolute Gasteiger partial charge is 0.383 e. The van der Waals surface area contributed by atoms with Gasteiger partial charge in [-0.3, -0.25) is 9.69 Å². The van der Waals surface area contributed by atoms with Gasteiger partial charge in [0.15, 0.2) is 0 Å². The monoisotopic (exact) mass is 577 g/mol. The highest BCUT2D eigenvalue weighted by Gasteiger charge is 2.40. The largest absolute Gasteiger partial charge is 0.395 e. The van der Waals surface area contributed by atoms with Crippen molar-refractivity contribution in [3.63, 3.8) is 0 Å². The molecule has 0 aromatic heterocycles. The Morgan fingerprint density at radius 1 is 1.17 bits per heavy atom. The standard InChI is InChI=1S/C28H35F4N7O2/c29-21-12-17(27(41)38-22-13-18(8-9-34-22)28(30,31)32)5-7-20(21)24(25-26(33)36-11-10-35-25)37-14-16-4-6-19-2-1-3-23(40)39(19)15-16/h8-12,16,18-19,23,35,37,40H,1-7,13-15H2,(H2,33,36)(H,34,38,41)/b25-24-/t16-,18?,19?,23?/m0/s1. The number of amides is 1. The van der Waals surface area contributed by atoms with Crippen molar-refractivity contribution in [2.45, 2.75) is 69.8 Å². The van der Waals surface area contributed by atoms with Crippen LogP contribution < -0.4 is 21.7 Å². The first-order valence-corrected chi connectivity index (χ1v) is 14.0. The normalized spacial score (nSPS) is 30.0. The molecule has 9 nitrogen and oxygen atoms in total. The third kappa shape index (κ3) is 6.72. The molecule has 222 valence electrons. The molecule has 3 unspecified atom stereocenters. The summed E-state index contributed by atoms with van der Waals surface area (Å²) in [6.45, 7) is 1.26. The highest BCUT2D eigenvalue weighted by atomic mass is 19.4. The number of allylic oxidation sites excluding steroid dienone is 4. The molecule has 0 bridgehead atoms. The lowest BCUT2D eigenvalue weighted by molar-refractivity contribution is -0.159. The zero-order valence-corrected chi connectivity index (χ0v) is 22.6. The van der Waals surface area contributed by atoms with E-state index in [-0.39, 0.29) is 36.0 Å². The summed E-state index contributed by atoms with van der Waals surface area (Å²) in [5.74, 6) is -2.78. The Morgan fingerprint density at radius 3 is 2.76 bits per heavy atom. The molecule has 6 N–H and O–H groups in total. The predicted molar refractivity (Wildman–Crippen MR) is 146 cm³/mol. The summed E-state index contributed by atoms with van der Waals surface area (Å²) in [4.78, 5) is 23.0. The van der Waals surface area contributed by atoms with Crippen molar-refractivity contribution in [3.8, 4) is 0 Å². The lowest BCUT2D eigenvalue weighted by atomic mass is 9.86. The molecular formula is C28H35F4N7O2. The van der Waals surface area contributed by atoms with Gasteiger partial charge in [-0.1, -0.05) is 6.08 Å². The third-order valence-corrected chi connectivity index (χ3v) is 8.29. The van der Waals surface area contributed by atoms with Crippen LogP contribution in [0.5, 0.6) is 0 Å². The number of nitrogens with zero attached hydrogens (tertiary/aromatic N) is 3. The van der Waals surface area contributed by atoms with Gasteiger partial charge in [-0.25, -0.2) is 14.4 Å². The van der Waals surface area contributed by atoms with E-state index in [2.05, 4.69) is 30.8 Å². The second-order valence-corrected chi connectivity index (χ2v) is 11.0. The molecule has 1 amide bonds. The molecule has 41 heavy (non-hydrogen) atoms. The fourth-order valence-electron chi connectivity index (χ4n) is 6.05. The number of nitrogens with one attached hydrogen (secondary N) is 3. The fraction of sp³-hybridized carbons (Fsp3) is 0.536. The average Bonchev–Trinajstić information content (AvgIpc) is 2.94. The van der Waals surface area contributed by atoms with E-state index in [0.717, 1.165) is 57.0 Å². The predicted octanol–water partition coefficient (Wildman–Crippen LogP) is 3.36. The second kappa shape index (κ2) is 12.2. The van der Waals surface area contributed by atoms with Gasteiger partial charge in [0.1, 0.15) is 29.4 Å². The number of rotatable bonds is 5. The van der Waals surface area contributed by atoms with E-state index in [1.54, 1.807) is 6.20 Å². The molecule has 5 rings (SSSR count). The van der Waals surface area contributed by atoms with Crippen molar-refractivity contribution >= 4 is 17.6 Å². The van der Waals surface area contributed by atoms with Crippen LogP contribution in [-0.4, -0.2) is 59.1 Å². The summed E-state index contributed by atoms with van der Waals surface area (Å²) in [7, 11) is 0. The lowest BCUT2D eigenvalue weighted by Gasteiger charge is -2.45. The van der Waals surface area contributed by atoms with Crippen LogP contribution in [0.2, 0.25) is 0 Å². The first kappa shape index (κ1) is 29.1. The maximum absolute atomic E-state index is 15.6. The maximum atomic E-state index is 15.6. The van der Waals surface area contributed by atoms with Crippen LogP contribution in [0, 0.1) is 11.8 Å². The fourth-order valence-corrected chi connectivity index (χ4v) is 6.05. The summed E-state index contributed by atoms with van der Waals surface area (Å²) in [5.41, 5.74) is 7.43. The number of alkyl halides is 3. The molecule has 2 saturated heterocycles. The van der Waals surface area contributed by atoms with E-state index in [4.69, 9.17) is 5.73 Å². The number of aliphatic hydroxyl groups is 1. The topological polar surface area (TPSA) is 127 Å². The Balaban J connectivity index is 1.31. The van der Waals surface area contributed by atoms with Crippen molar-refractivity contribution in [2.24, 2.45) is 27.6 Å². The first-order chi connectivity index (χ1) is 19.6. The van der Waals surface area contributed by atoms with Gasteiger partial charge in [-0.15, -0.1) is 0 Å². The van der Waals surface area contributed by atoms with E-state index in [9.17, 15) is 23.1 Å². The number of carbonyl (C=O) groups is 1. The summed E-state index contributed by atoms with van der Waals surface area (Å²) in [6, 6.07) is 0.392. The average molecular weight is 578 g/mol. The molecule has 0 spiro atoms. The minimum Gasteiger partial charge on any atom is -0.383 e. The molecule has 13 heteroatoms. The SMILES string of the molecule is NC1=NC=CN/C1=C(\NC[C@@H]1CCC2CCCC(O)N2C1)C1=C(F)C=C(C(=O)NC2=NC=CC(C(F)(F)F)C2)CC1. The quantitative estimate of drug-likeness (QED) is 0.319. The lowest BCUT2D eigenvalue weighted by Crippen LogP contribution is -2.53. The second-order valence-electron chi connectivity index (χ2n) is 11.0. The number of hydrogen-bond donors (Lipinski definition) is 5. The first-order valence-electron chi connectivity index (χ1n) is 14.0. The number of aliphatic hydroxyl groups excluding tert-OH is 1. The minimum atomic E-state index is -4.45. The van der Waals surface area contributed by atoms with E-state index in [0.29, 0.717) is 29.6 Å². The number of amidine groups is 2. The number of piperidine rings is 2. The molecule has 4 atom stereocenters. The number of fused-ring (bicyclic) bond motifs is 1. The van der Waals surface area contributed by atoms with Crippen LogP contribution in [0.3, 0.4) is 0 Å². The molecule has 0 saturated carbocycles. The van der Waals surface area contributed by atoms with Gasteiger partial charge >= 0.3 is 6.18 Å². The van der Waals surface area contributed by atoms with Crippen molar-refractivity contribution < 1.29 is 27.5 Å². The molecule has 0 aromatic carbocycles. The zero-order chi connectivity index (χ0) is 29.1. The number of halogens is 4. The number of nitrogens with two attached hydrogens (primary N) is 1. The summed E-state index contributed by atoms with van der Waals surface area (Å²) < 4.78 is 54.9. The van der Waals surface area contributed by atoms with Crippen molar-refractivity contribution in [1.82, 2.24) is 20.9 Å². The van der Waals surface area contributed by atoms with Crippen LogP contribution in [0.1, 0.15) is 51.4 Å². The molecule has 1 aliphatic carbocycles. The maximum Gasteiger partial charge on any atom is 0.395 e. The van der Waals surface area contributed by atoms with Gasteiger partial charge in [-0.2, -0.15) is 13.2 Å². The van der Waals surface area contributed by atoms with Gasteiger partial charge < -0.3 is 26.8 Å². The number of aliphatic imine (C=N–C) groups is 2. The molecule has 4 heterocycles. The summed E-state index contributed by atoms with van der Waals surface area (Å²) >= 11 is 0. The highest BCUT2D eigenvalue weighted by Crippen LogP contribution is 2.34. The van der Waals surface area contributed by atoms with Crippen LogP contribution in [0.15, 0.2) is 69.1 Å². The number of carbonyl (C=O) groups excluding carboxylic acids is 1. The van der Waals surface area contributed by atoms with Gasteiger partial charge in [-0.05, 0) is 56.9 Å². The van der Waals surface area contributed by atoms with Crippen LogP contribution >= 0.6 is 0 Å². The Kier molecular flexibility index (Phi) is 8.64. The van der Waals surface area contributed by atoms with Crippen LogP contribution in [0.25, 0.3) is 0 Å². The van der Waals surface area contributed by atoms with Crippen LogP contribution in [0.4, 0.5) is 17.6 Å². The van der Waals surface area contributed by atoms with E-state index in [1.165, 1.54) is 6.20 Å². The molecule has 0 aromatic rings. The Bertz CT molecular complexity index is 1260. The van der Waals surface area contributed by atoms with E-state index < -0.39 is 36.5 Å². The molecular weight excluding hydrogens is 542 g/mol. The highest BCUT2D eigenvalue weighted by molar-refractivity contribution is 6.07. The Hall–Kier alpha value is -3.45. The van der Waals surface area contributed by atoms with E-state index >= 15 is 4.39 Å². The molecule has 2 fully saturated rings. The summed E-state index contributed by atoms with van der Waals surface area (Å²) in [6.07, 6.45) is 5.94. The summed E-state index contributed by atoms with van der Waals surface area (Å²) in [5, 5.41) is 19.3. The van der Waals surface area contributed by atoms with Crippen molar-refractivity contribution in [3.05, 3.63) is 59.1 Å².